The number of aromatic nitrogens is 4. The highest BCUT2D eigenvalue weighted by Crippen LogP contribution is 2.30. The van der Waals surface area contributed by atoms with Crippen LogP contribution in [0.3, 0.4) is 0 Å². The second-order valence-corrected chi connectivity index (χ2v) is 7.24. The van der Waals surface area contributed by atoms with Gasteiger partial charge in [-0.2, -0.15) is 0 Å². The molecule has 0 unspecified atom stereocenters. The molecular formula is C20H20N4O3S. The molecule has 0 radical (unpaired) electrons. The molecular weight excluding hydrogens is 376 g/mol. The standard InChI is InChI=1S/C20H20N4O3S/c1-13-18(14(2)27-23-13)12-28-20-22-21-19(15-6-4-7-16(10-15)25-3)24(20)11-17-8-5-9-26-17/h4-10H,11-12H2,1-3H3. The van der Waals surface area contributed by atoms with E-state index < -0.39 is 0 Å². The molecule has 3 heterocycles. The minimum absolute atomic E-state index is 0.538. The largest absolute Gasteiger partial charge is 0.497 e. The van der Waals surface area contributed by atoms with E-state index in [1.807, 2.05) is 50.2 Å². The molecule has 0 saturated carbocycles. The van der Waals surface area contributed by atoms with Crippen molar-refractivity contribution in [2.75, 3.05) is 7.11 Å². The number of thioether (sulfide) groups is 1. The van der Waals surface area contributed by atoms with Gasteiger partial charge in [-0.3, -0.25) is 4.57 Å². The molecule has 0 aliphatic carbocycles. The molecule has 0 fully saturated rings. The number of methoxy groups -OCH3 is 1. The van der Waals surface area contributed by atoms with Gasteiger partial charge in [-0.15, -0.1) is 10.2 Å². The fraction of sp³-hybridized carbons (Fsp3) is 0.250. The quantitative estimate of drug-likeness (QED) is 0.426. The van der Waals surface area contributed by atoms with Crippen LogP contribution in [0.5, 0.6) is 5.75 Å². The molecule has 0 aliphatic rings. The smallest absolute Gasteiger partial charge is 0.192 e. The van der Waals surface area contributed by atoms with Crippen LogP contribution in [0.4, 0.5) is 0 Å². The molecule has 7 nitrogen and oxygen atoms in total. The first kappa shape index (κ1) is 18.4. The zero-order chi connectivity index (χ0) is 19.5. The van der Waals surface area contributed by atoms with Gasteiger partial charge < -0.3 is 13.7 Å². The Hall–Kier alpha value is -3.00. The van der Waals surface area contributed by atoms with Crippen LogP contribution in [0.2, 0.25) is 0 Å². The second-order valence-electron chi connectivity index (χ2n) is 6.30. The fourth-order valence-electron chi connectivity index (χ4n) is 2.92. The molecule has 4 rings (SSSR count). The van der Waals surface area contributed by atoms with Gasteiger partial charge in [0.05, 0.1) is 25.6 Å². The van der Waals surface area contributed by atoms with Crippen LogP contribution in [-0.4, -0.2) is 27.0 Å². The zero-order valence-electron chi connectivity index (χ0n) is 15.9. The molecule has 0 atom stereocenters. The minimum atomic E-state index is 0.538. The lowest BCUT2D eigenvalue weighted by Gasteiger charge is -2.09. The monoisotopic (exact) mass is 396 g/mol. The van der Waals surface area contributed by atoms with E-state index >= 15 is 0 Å². The number of furan rings is 1. The van der Waals surface area contributed by atoms with Gasteiger partial charge in [0.15, 0.2) is 11.0 Å². The van der Waals surface area contributed by atoms with Crippen molar-refractivity contribution in [2.24, 2.45) is 0 Å². The maximum Gasteiger partial charge on any atom is 0.192 e. The summed E-state index contributed by atoms with van der Waals surface area (Å²) in [6.07, 6.45) is 1.67. The zero-order valence-corrected chi connectivity index (χ0v) is 16.7. The Morgan fingerprint density at radius 3 is 2.75 bits per heavy atom. The second kappa shape index (κ2) is 7.93. The van der Waals surface area contributed by atoms with Crippen LogP contribution in [0.15, 0.2) is 56.8 Å². The van der Waals surface area contributed by atoms with Gasteiger partial charge in [-0.05, 0) is 38.1 Å². The summed E-state index contributed by atoms with van der Waals surface area (Å²) in [7, 11) is 1.65. The minimum Gasteiger partial charge on any atom is -0.497 e. The van der Waals surface area contributed by atoms with Crippen LogP contribution in [0, 0.1) is 13.8 Å². The summed E-state index contributed by atoms with van der Waals surface area (Å²) in [5.74, 6) is 3.90. The number of hydrogen-bond acceptors (Lipinski definition) is 7. The molecule has 4 aromatic rings. The van der Waals surface area contributed by atoms with Gasteiger partial charge in [0.25, 0.3) is 0 Å². The van der Waals surface area contributed by atoms with E-state index in [9.17, 15) is 0 Å². The number of nitrogens with zero attached hydrogens (tertiary/aromatic N) is 4. The fourth-order valence-corrected chi connectivity index (χ4v) is 4.01. The highest BCUT2D eigenvalue weighted by molar-refractivity contribution is 7.98. The number of ether oxygens (including phenoxy) is 1. The highest BCUT2D eigenvalue weighted by atomic mass is 32.2. The number of rotatable bonds is 7. The number of aryl methyl sites for hydroxylation is 2. The van der Waals surface area contributed by atoms with E-state index in [-0.39, 0.29) is 0 Å². The number of hydrogen-bond donors (Lipinski definition) is 0. The lowest BCUT2D eigenvalue weighted by atomic mass is 10.2. The van der Waals surface area contributed by atoms with Gasteiger partial charge in [-0.1, -0.05) is 29.1 Å². The molecule has 144 valence electrons. The molecule has 1 aromatic carbocycles. The van der Waals surface area contributed by atoms with Crippen LogP contribution in [-0.2, 0) is 12.3 Å². The first-order chi connectivity index (χ1) is 13.7. The van der Waals surface area contributed by atoms with E-state index in [4.69, 9.17) is 13.7 Å². The lowest BCUT2D eigenvalue weighted by molar-refractivity contribution is 0.392. The van der Waals surface area contributed by atoms with Crippen molar-refractivity contribution in [2.45, 2.75) is 31.3 Å². The van der Waals surface area contributed by atoms with Gasteiger partial charge in [0.1, 0.15) is 17.3 Å². The maximum absolute atomic E-state index is 5.55. The Labute approximate surface area is 166 Å². The molecule has 8 heteroatoms. The summed E-state index contributed by atoms with van der Waals surface area (Å²) in [5.41, 5.74) is 2.91. The molecule has 0 spiro atoms. The van der Waals surface area contributed by atoms with E-state index in [2.05, 4.69) is 19.9 Å². The Kier molecular flexibility index (Phi) is 5.21. The van der Waals surface area contributed by atoms with Crippen molar-refractivity contribution >= 4 is 11.8 Å². The van der Waals surface area contributed by atoms with Crippen LogP contribution >= 0.6 is 11.8 Å². The summed E-state index contributed by atoms with van der Waals surface area (Å²) < 4.78 is 18.2. The van der Waals surface area contributed by atoms with Gasteiger partial charge in [0, 0.05) is 16.9 Å². The van der Waals surface area contributed by atoms with Crippen LogP contribution in [0.1, 0.15) is 22.8 Å². The Bertz CT molecular complexity index is 1050. The van der Waals surface area contributed by atoms with Crippen molar-refractivity contribution in [1.29, 1.82) is 0 Å². The van der Waals surface area contributed by atoms with E-state index in [1.165, 1.54) is 0 Å². The van der Waals surface area contributed by atoms with Gasteiger partial charge >= 0.3 is 0 Å². The van der Waals surface area contributed by atoms with E-state index in [0.717, 1.165) is 45.1 Å². The normalized spacial score (nSPS) is 11.1. The first-order valence-electron chi connectivity index (χ1n) is 8.80. The topological polar surface area (TPSA) is 79.1 Å². The predicted octanol–water partition coefficient (Wildman–Crippen LogP) is 4.49. The van der Waals surface area contributed by atoms with E-state index in [0.29, 0.717) is 12.3 Å². The third-order valence-electron chi connectivity index (χ3n) is 4.47. The van der Waals surface area contributed by atoms with Crippen LogP contribution < -0.4 is 4.74 Å². The van der Waals surface area contributed by atoms with E-state index in [1.54, 1.807) is 25.1 Å². The van der Waals surface area contributed by atoms with Gasteiger partial charge in [-0.25, -0.2) is 0 Å². The summed E-state index contributed by atoms with van der Waals surface area (Å²) >= 11 is 1.60. The van der Waals surface area contributed by atoms with Crippen molar-refractivity contribution in [1.82, 2.24) is 19.9 Å². The molecule has 28 heavy (non-hydrogen) atoms. The Balaban J connectivity index is 1.68. The third-order valence-corrected chi connectivity index (χ3v) is 5.46. The summed E-state index contributed by atoms with van der Waals surface area (Å²) in [4.78, 5) is 0. The summed E-state index contributed by atoms with van der Waals surface area (Å²) in [6.45, 7) is 4.41. The third kappa shape index (κ3) is 3.68. The van der Waals surface area contributed by atoms with Gasteiger partial charge in [0.2, 0.25) is 0 Å². The van der Waals surface area contributed by atoms with Crippen molar-refractivity contribution in [3.8, 4) is 17.1 Å². The molecule has 0 aliphatic heterocycles. The molecule has 3 aromatic heterocycles. The first-order valence-corrected chi connectivity index (χ1v) is 9.79. The maximum atomic E-state index is 5.55. The highest BCUT2D eigenvalue weighted by Gasteiger charge is 2.18. The molecule has 0 bridgehead atoms. The lowest BCUT2D eigenvalue weighted by Crippen LogP contribution is -2.04. The molecule has 0 N–H and O–H groups in total. The number of benzene rings is 1. The summed E-state index contributed by atoms with van der Waals surface area (Å²) in [5, 5.41) is 13.7. The van der Waals surface area contributed by atoms with Crippen molar-refractivity contribution in [3.05, 3.63) is 65.4 Å². The predicted molar refractivity (Wildman–Crippen MR) is 105 cm³/mol. The van der Waals surface area contributed by atoms with Crippen molar-refractivity contribution in [3.63, 3.8) is 0 Å². The van der Waals surface area contributed by atoms with Crippen LogP contribution in [0.25, 0.3) is 11.4 Å². The SMILES string of the molecule is COc1cccc(-c2nnc(SCc3c(C)noc3C)n2Cc2ccco2)c1. The Morgan fingerprint density at radius 2 is 2.04 bits per heavy atom. The summed E-state index contributed by atoms with van der Waals surface area (Å²) in [6, 6.07) is 11.6. The van der Waals surface area contributed by atoms with Crippen molar-refractivity contribution < 1.29 is 13.7 Å². The Morgan fingerprint density at radius 1 is 1.14 bits per heavy atom. The average Bonchev–Trinajstić information content (AvgIpc) is 3.43. The molecule has 0 saturated heterocycles. The molecule has 0 amide bonds. The average molecular weight is 396 g/mol.